The highest BCUT2D eigenvalue weighted by Gasteiger charge is 2.24. The highest BCUT2D eigenvalue weighted by molar-refractivity contribution is 7.17. The van der Waals surface area contributed by atoms with E-state index < -0.39 is 0 Å². The van der Waals surface area contributed by atoms with E-state index in [0.29, 0.717) is 26.3 Å². The van der Waals surface area contributed by atoms with E-state index in [1.807, 2.05) is 31.2 Å². The van der Waals surface area contributed by atoms with Crippen molar-refractivity contribution in [1.29, 1.82) is 0 Å². The number of aliphatic hydroxyl groups is 1. The number of aryl methyl sites for hydroxylation is 1. The molecule has 1 saturated heterocycles. The SMILES string of the molecule is Cc1cc(C(=O)N2CCOCC(CO)C2)sc1-c1ccccc1. The minimum absolute atomic E-state index is 0.00361. The van der Waals surface area contributed by atoms with Gasteiger partial charge in [-0.15, -0.1) is 11.3 Å². The van der Waals surface area contributed by atoms with Crippen LogP contribution in [0.1, 0.15) is 15.2 Å². The molecule has 2 heterocycles. The van der Waals surface area contributed by atoms with Gasteiger partial charge >= 0.3 is 0 Å². The topological polar surface area (TPSA) is 49.8 Å². The summed E-state index contributed by atoms with van der Waals surface area (Å²) in [6, 6.07) is 12.1. The van der Waals surface area contributed by atoms with Gasteiger partial charge in [0, 0.05) is 30.5 Å². The van der Waals surface area contributed by atoms with E-state index >= 15 is 0 Å². The van der Waals surface area contributed by atoms with Crippen LogP contribution in [-0.4, -0.2) is 48.8 Å². The maximum Gasteiger partial charge on any atom is 0.264 e. The van der Waals surface area contributed by atoms with Gasteiger partial charge in [0.2, 0.25) is 0 Å². The van der Waals surface area contributed by atoms with Crippen molar-refractivity contribution < 1.29 is 14.6 Å². The Kier molecular flexibility index (Phi) is 5.10. The van der Waals surface area contributed by atoms with Gasteiger partial charge in [-0.1, -0.05) is 30.3 Å². The average molecular weight is 331 g/mol. The number of nitrogens with zero attached hydrogens (tertiary/aromatic N) is 1. The van der Waals surface area contributed by atoms with Crippen molar-refractivity contribution in [3.05, 3.63) is 46.8 Å². The van der Waals surface area contributed by atoms with Crippen molar-refractivity contribution in [2.75, 3.05) is 32.9 Å². The van der Waals surface area contributed by atoms with Gasteiger partial charge < -0.3 is 14.7 Å². The Morgan fingerprint density at radius 3 is 2.91 bits per heavy atom. The van der Waals surface area contributed by atoms with Crippen LogP contribution in [0, 0.1) is 12.8 Å². The number of hydrogen-bond donors (Lipinski definition) is 1. The van der Waals surface area contributed by atoms with Crippen molar-refractivity contribution in [3.8, 4) is 10.4 Å². The van der Waals surface area contributed by atoms with Crippen LogP contribution >= 0.6 is 11.3 Å². The lowest BCUT2D eigenvalue weighted by molar-refractivity contribution is 0.0733. The molecule has 5 heteroatoms. The Balaban J connectivity index is 1.83. The van der Waals surface area contributed by atoms with E-state index in [0.717, 1.165) is 20.9 Å². The first kappa shape index (κ1) is 16.2. The largest absolute Gasteiger partial charge is 0.396 e. The molecule has 1 aliphatic rings. The van der Waals surface area contributed by atoms with Crippen LogP contribution in [0.4, 0.5) is 0 Å². The molecule has 0 spiro atoms. The monoisotopic (exact) mass is 331 g/mol. The van der Waals surface area contributed by atoms with Gasteiger partial charge in [0.1, 0.15) is 0 Å². The predicted molar refractivity (Wildman–Crippen MR) is 91.8 cm³/mol. The molecule has 1 aromatic heterocycles. The molecule has 2 aromatic rings. The molecule has 23 heavy (non-hydrogen) atoms. The summed E-state index contributed by atoms with van der Waals surface area (Å²) in [6.07, 6.45) is 0. The molecular formula is C18H21NO3S. The fourth-order valence-corrected chi connectivity index (χ4v) is 3.94. The second-order valence-corrected chi connectivity index (χ2v) is 6.92. The fourth-order valence-electron chi connectivity index (χ4n) is 2.79. The molecule has 0 bridgehead atoms. The normalized spacial score (nSPS) is 18.7. The third-order valence-corrected chi connectivity index (χ3v) is 5.32. The molecular weight excluding hydrogens is 310 g/mol. The smallest absolute Gasteiger partial charge is 0.264 e. The standard InChI is InChI=1S/C18H21NO3S/c1-13-9-16(23-17(13)15-5-3-2-4-6-15)18(21)19-7-8-22-12-14(10-19)11-20/h2-6,9,14,20H,7-8,10-12H2,1H3. The van der Waals surface area contributed by atoms with Crippen LogP contribution in [0.5, 0.6) is 0 Å². The summed E-state index contributed by atoms with van der Waals surface area (Å²) in [4.78, 5) is 16.5. The number of thiophene rings is 1. The number of aliphatic hydroxyl groups excluding tert-OH is 1. The van der Waals surface area contributed by atoms with Crippen LogP contribution < -0.4 is 0 Å². The third kappa shape index (κ3) is 3.63. The van der Waals surface area contributed by atoms with Gasteiger partial charge in [-0.25, -0.2) is 0 Å². The minimum Gasteiger partial charge on any atom is -0.396 e. The number of benzene rings is 1. The summed E-state index contributed by atoms with van der Waals surface area (Å²) in [5.74, 6) is 0.0281. The quantitative estimate of drug-likeness (QED) is 0.941. The fraction of sp³-hybridized carbons (Fsp3) is 0.389. The van der Waals surface area contributed by atoms with Crippen LogP contribution in [0.3, 0.4) is 0 Å². The molecule has 1 amide bonds. The van der Waals surface area contributed by atoms with Crippen molar-refractivity contribution >= 4 is 17.2 Å². The molecule has 1 atom stereocenters. The van der Waals surface area contributed by atoms with E-state index in [1.54, 1.807) is 4.90 Å². The Morgan fingerprint density at radius 2 is 2.17 bits per heavy atom. The lowest BCUT2D eigenvalue weighted by atomic mass is 10.1. The summed E-state index contributed by atoms with van der Waals surface area (Å²) in [5.41, 5.74) is 2.26. The first-order valence-corrected chi connectivity index (χ1v) is 8.64. The molecule has 0 radical (unpaired) electrons. The summed E-state index contributed by atoms with van der Waals surface area (Å²) in [7, 11) is 0. The Morgan fingerprint density at radius 1 is 1.39 bits per heavy atom. The van der Waals surface area contributed by atoms with Gasteiger partial charge in [-0.05, 0) is 24.1 Å². The third-order valence-electron chi connectivity index (χ3n) is 4.05. The van der Waals surface area contributed by atoms with Crippen molar-refractivity contribution in [1.82, 2.24) is 4.90 Å². The van der Waals surface area contributed by atoms with Crippen LogP contribution in [-0.2, 0) is 4.74 Å². The van der Waals surface area contributed by atoms with Crippen LogP contribution in [0.15, 0.2) is 36.4 Å². The molecule has 4 nitrogen and oxygen atoms in total. The molecule has 3 rings (SSSR count). The lowest BCUT2D eigenvalue weighted by Crippen LogP contribution is -2.36. The molecule has 0 aliphatic carbocycles. The predicted octanol–water partition coefficient (Wildman–Crippen LogP) is 2.80. The summed E-state index contributed by atoms with van der Waals surface area (Å²) < 4.78 is 5.46. The van der Waals surface area contributed by atoms with E-state index in [9.17, 15) is 9.90 Å². The van der Waals surface area contributed by atoms with Crippen LogP contribution in [0.2, 0.25) is 0 Å². The number of rotatable bonds is 3. The Labute approximate surface area is 140 Å². The first-order chi connectivity index (χ1) is 11.2. The number of amides is 1. The number of carbonyl (C=O) groups excluding carboxylic acids is 1. The van der Waals surface area contributed by atoms with Crippen LogP contribution in [0.25, 0.3) is 10.4 Å². The number of hydrogen-bond acceptors (Lipinski definition) is 4. The highest BCUT2D eigenvalue weighted by Crippen LogP contribution is 2.33. The maximum absolute atomic E-state index is 12.8. The average Bonchev–Trinajstić information content (AvgIpc) is 2.82. The summed E-state index contributed by atoms with van der Waals surface area (Å²) >= 11 is 1.54. The second kappa shape index (κ2) is 7.25. The lowest BCUT2D eigenvalue weighted by Gasteiger charge is -2.21. The van der Waals surface area contributed by atoms with Gasteiger partial charge in [-0.2, -0.15) is 0 Å². The maximum atomic E-state index is 12.8. The van der Waals surface area contributed by atoms with E-state index in [-0.39, 0.29) is 18.4 Å². The molecule has 1 fully saturated rings. The number of carbonyl (C=O) groups is 1. The van der Waals surface area contributed by atoms with E-state index in [4.69, 9.17) is 4.74 Å². The molecule has 1 aliphatic heterocycles. The van der Waals surface area contributed by atoms with Gasteiger partial charge in [0.25, 0.3) is 5.91 Å². The van der Waals surface area contributed by atoms with Crippen molar-refractivity contribution in [3.63, 3.8) is 0 Å². The van der Waals surface area contributed by atoms with Gasteiger partial charge in [0.15, 0.2) is 0 Å². The molecule has 0 saturated carbocycles. The summed E-state index contributed by atoms with van der Waals surface area (Å²) in [6.45, 7) is 4.25. The van der Waals surface area contributed by atoms with Gasteiger partial charge in [0.05, 0.1) is 18.1 Å². The molecule has 1 aromatic carbocycles. The van der Waals surface area contributed by atoms with Gasteiger partial charge in [-0.3, -0.25) is 4.79 Å². The Bertz CT molecular complexity index is 668. The Hall–Kier alpha value is -1.69. The zero-order chi connectivity index (χ0) is 16.2. The van der Waals surface area contributed by atoms with E-state index in [1.165, 1.54) is 11.3 Å². The second-order valence-electron chi connectivity index (χ2n) is 5.86. The molecule has 122 valence electrons. The highest BCUT2D eigenvalue weighted by atomic mass is 32.1. The molecule has 1 N–H and O–H groups in total. The van der Waals surface area contributed by atoms with Crippen molar-refractivity contribution in [2.24, 2.45) is 5.92 Å². The summed E-state index contributed by atoms with van der Waals surface area (Å²) in [5, 5.41) is 9.37. The molecule has 1 unspecified atom stereocenters. The minimum atomic E-state index is -0.00361. The zero-order valence-electron chi connectivity index (χ0n) is 13.2. The number of ether oxygens (including phenoxy) is 1. The first-order valence-electron chi connectivity index (χ1n) is 7.82. The van der Waals surface area contributed by atoms with Crippen molar-refractivity contribution in [2.45, 2.75) is 6.92 Å². The zero-order valence-corrected chi connectivity index (χ0v) is 14.0. The van der Waals surface area contributed by atoms with E-state index in [2.05, 4.69) is 12.1 Å².